The van der Waals surface area contributed by atoms with Crippen LogP contribution >= 0.6 is 11.8 Å². The molecule has 18 heavy (non-hydrogen) atoms. The van der Waals surface area contributed by atoms with E-state index in [1.165, 1.54) is 11.6 Å². The van der Waals surface area contributed by atoms with Crippen LogP contribution in [0.1, 0.15) is 11.1 Å². The SMILES string of the molecule is CNCc1c(F)cccc1Sc1cccc(C)c1. The number of aryl methyl sites for hydroxylation is 1. The molecule has 3 heteroatoms. The van der Waals surface area contributed by atoms with Crippen molar-refractivity contribution in [3.05, 3.63) is 59.4 Å². The van der Waals surface area contributed by atoms with Gasteiger partial charge in [0.25, 0.3) is 0 Å². The zero-order valence-corrected chi connectivity index (χ0v) is 11.4. The molecule has 0 bridgehead atoms. The lowest BCUT2D eigenvalue weighted by Crippen LogP contribution is -2.08. The fourth-order valence-corrected chi connectivity index (χ4v) is 2.87. The molecule has 0 aromatic heterocycles. The van der Waals surface area contributed by atoms with E-state index in [0.29, 0.717) is 6.54 Å². The van der Waals surface area contributed by atoms with Gasteiger partial charge in [0.1, 0.15) is 5.82 Å². The quantitative estimate of drug-likeness (QED) is 0.892. The molecule has 1 N–H and O–H groups in total. The highest BCUT2D eigenvalue weighted by molar-refractivity contribution is 7.99. The van der Waals surface area contributed by atoms with Crippen molar-refractivity contribution in [2.75, 3.05) is 7.05 Å². The molecular weight excluding hydrogens is 245 g/mol. The van der Waals surface area contributed by atoms with Crippen molar-refractivity contribution >= 4 is 11.8 Å². The third-order valence-electron chi connectivity index (χ3n) is 2.65. The highest BCUT2D eigenvalue weighted by Gasteiger charge is 2.08. The van der Waals surface area contributed by atoms with Gasteiger partial charge in [0.2, 0.25) is 0 Å². The largest absolute Gasteiger partial charge is 0.316 e. The molecule has 0 amide bonds. The topological polar surface area (TPSA) is 12.0 Å². The van der Waals surface area contributed by atoms with E-state index in [-0.39, 0.29) is 5.82 Å². The first kappa shape index (κ1) is 13.1. The summed E-state index contributed by atoms with van der Waals surface area (Å²) in [5.41, 5.74) is 1.94. The van der Waals surface area contributed by atoms with Gasteiger partial charge in [-0.05, 0) is 38.2 Å². The van der Waals surface area contributed by atoms with E-state index in [1.807, 2.05) is 25.2 Å². The van der Waals surface area contributed by atoms with Crippen LogP contribution < -0.4 is 5.32 Å². The smallest absolute Gasteiger partial charge is 0.128 e. The second-order valence-corrected chi connectivity index (χ2v) is 5.28. The second kappa shape index (κ2) is 6.03. The molecule has 0 saturated carbocycles. The molecule has 2 rings (SSSR count). The van der Waals surface area contributed by atoms with Crippen molar-refractivity contribution in [3.8, 4) is 0 Å². The van der Waals surface area contributed by atoms with Crippen LogP contribution in [0, 0.1) is 12.7 Å². The number of hydrogen-bond acceptors (Lipinski definition) is 2. The maximum Gasteiger partial charge on any atom is 0.128 e. The lowest BCUT2D eigenvalue weighted by molar-refractivity contribution is 0.594. The van der Waals surface area contributed by atoms with Crippen LogP contribution in [-0.2, 0) is 6.54 Å². The standard InChI is InChI=1S/C15H16FNS/c1-11-5-3-6-12(9-11)18-15-8-4-7-14(16)13(15)10-17-2/h3-9,17H,10H2,1-2H3. The van der Waals surface area contributed by atoms with Gasteiger partial charge >= 0.3 is 0 Å². The van der Waals surface area contributed by atoms with Crippen LogP contribution in [0.4, 0.5) is 4.39 Å². The first-order chi connectivity index (χ1) is 8.70. The predicted molar refractivity (Wildman–Crippen MR) is 74.5 cm³/mol. The fourth-order valence-electron chi connectivity index (χ4n) is 1.79. The van der Waals surface area contributed by atoms with Crippen molar-refractivity contribution in [3.63, 3.8) is 0 Å². The van der Waals surface area contributed by atoms with Crippen LogP contribution in [0.2, 0.25) is 0 Å². The van der Waals surface area contributed by atoms with Gasteiger partial charge in [-0.1, -0.05) is 35.5 Å². The normalized spacial score (nSPS) is 10.6. The fraction of sp³-hybridized carbons (Fsp3) is 0.200. The molecule has 0 aliphatic heterocycles. The van der Waals surface area contributed by atoms with E-state index >= 15 is 0 Å². The van der Waals surface area contributed by atoms with Crippen LogP contribution in [0.5, 0.6) is 0 Å². The summed E-state index contributed by atoms with van der Waals surface area (Å²) in [7, 11) is 1.83. The number of rotatable bonds is 4. The number of nitrogens with one attached hydrogen (secondary N) is 1. The summed E-state index contributed by atoms with van der Waals surface area (Å²) in [6.45, 7) is 2.60. The third-order valence-corrected chi connectivity index (χ3v) is 3.74. The molecular formula is C15H16FNS. The molecule has 0 spiro atoms. The Balaban J connectivity index is 2.31. The molecule has 2 aromatic rings. The summed E-state index contributed by atoms with van der Waals surface area (Å²) >= 11 is 1.60. The molecule has 0 atom stereocenters. The minimum Gasteiger partial charge on any atom is -0.316 e. The summed E-state index contributed by atoms with van der Waals surface area (Å²) in [5.74, 6) is -0.151. The van der Waals surface area contributed by atoms with E-state index in [0.717, 1.165) is 15.4 Å². The highest BCUT2D eigenvalue weighted by Crippen LogP contribution is 2.31. The molecule has 0 fully saturated rings. The van der Waals surface area contributed by atoms with Gasteiger partial charge in [-0.15, -0.1) is 0 Å². The maximum absolute atomic E-state index is 13.8. The predicted octanol–water partition coefficient (Wildman–Crippen LogP) is 4.00. The lowest BCUT2D eigenvalue weighted by atomic mass is 10.2. The highest BCUT2D eigenvalue weighted by atomic mass is 32.2. The minimum absolute atomic E-state index is 0.151. The molecule has 2 aromatic carbocycles. The Morgan fingerprint density at radius 3 is 2.67 bits per heavy atom. The van der Waals surface area contributed by atoms with Crippen molar-refractivity contribution in [1.29, 1.82) is 0 Å². The molecule has 0 saturated heterocycles. The van der Waals surface area contributed by atoms with Gasteiger partial charge in [-0.2, -0.15) is 0 Å². The summed E-state index contributed by atoms with van der Waals surface area (Å²) < 4.78 is 13.8. The third kappa shape index (κ3) is 3.12. The van der Waals surface area contributed by atoms with Crippen molar-refractivity contribution in [2.24, 2.45) is 0 Å². The molecule has 0 unspecified atom stereocenters. The van der Waals surface area contributed by atoms with Gasteiger partial charge in [0, 0.05) is 21.9 Å². The molecule has 0 radical (unpaired) electrons. The Morgan fingerprint density at radius 1 is 1.17 bits per heavy atom. The number of hydrogen-bond donors (Lipinski definition) is 1. The number of halogens is 1. The molecule has 1 nitrogen and oxygen atoms in total. The van der Waals surface area contributed by atoms with Gasteiger partial charge in [-0.25, -0.2) is 4.39 Å². The second-order valence-electron chi connectivity index (χ2n) is 4.17. The van der Waals surface area contributed by atoms with Crippen LogP contribution in [0.3, 0.4) is 0 Å². The monoisotopic (exact) mass is 261 g/mol. The zero-order valence-electron chi connectivity index (χ0n) is 10.5. The molecule has 0 aliphatic carbocycles. The van der Waals surface area contributed by atoms with E-state index < -0.39 is 0 Å². The minimum atomic E-state index is -0.151. The molecule has 0 aliphatic rings. The van der Waals surface area contributed by atoms with E-state index in [1.54, 1.807) is 17.8 Å². The summed E-state index contributed by atoms with van der Waals surface area (Å²) in [4.78, 5) is 2.10. The molecule has 94 valence electrons. The van der Waals surface area contributed by atoms with Gasteiger partial charge < -0.3 is 5.32 Å². The van der Waals surface area contributed by atoms with Crippen molar-refractivity contribution in [1.82, 2.24) is 5.32 Å². The Hall–Kier alpha value is -1.32. The first-order valence-corrected chi connectivity index (χ1v) is 6.69. The Bertz CT molecular complexity index is 540. The average molecular weight is 261 g/mol. The van der Waals surface area contributed by atoms with E-state index in [2.05, 4.69) is 24.4 Å². The molecule has 0 heterocycles. The lowest BCUT2D eigenvalue weighted by Gasteiger charge is -2.10. The summed E-state index contributed by atoms with van der Waals surface area (Å²) in [6, 6.07) is 13.5. The van der Waals surface area contributed by atoms with Crippen LogP contribution in [0.15, 0.2) is 52.3 Å². The Kier molecular flexibility index (Phi) is 4.39. The first-order valence-electron chi connectivity index (χ1n) is 5.87. The zero-order chi connectivity index (χ0) is 13.0. The van der Waals surface area contributed by atoms with Crippen LogP contribution in [-0.4, -0.2) is 7.05 Å². The summed E-state index contributed by atoms with van der Waals surface area (Å²) in [5, 5.41) is 3.01. The van der Waals surface area contributed by atoms with Crippen molar-refractivity contribution in [2.45, 2.75) is 23.3 Å². The average Bonchev–Trinajstić information content (AvgIpc) is 2.34. The van der Waals surface area contributed by atoms with Gasteiger partial charge in [0.05, 0.1) is 0 Å². The Labute approximate surface area is 111 Å². The Morgan fingerprint density at radius 2 is 1.94 bits per heavy atom. The van der Waals surface area contributed by atoms with E-state index in [4.69, 9.17) is 0 Å². The number of benzene rings is 2. The van der Waals surface area contributed by atoms with Gasteiger partial charge in [-0.3, -0.25) is 0 Å². The van der Waals surface area contributed by atoms with Crippen LogP contribution in [0.25, 0.3) is 0 Å². The summed E-state index contributed by atoms with van der Waals surface area (Å²) in [6.07, 6.45) is 0. The van der Waals surface area contributed by atoms with Crippen molar-refractivity contribution < 1.29 is 4.39 Å². The maximum atomic E-state index is 13.8. The van der Waals surface area contributed by atoms with E-state index in [9.17, 15) is 4.39 Å². The van der Waals surface area contributed by atoms with Gasteiger partial charge in [0.15, 0.2) is 0 Å².